The van der Waals surface area contributed by atoms with Crippen LogP contribution in [0, 0.1) is 6.92 Å². The summed E-state index contributed by atoms with van der Waals surface area (Å²) in [6, 6.07) is 6.08. The molecule has 1 aromatic carbocycles. The highest BCUT2D eigenvalue weighted by atomic mass is 35.5. The minimum Gasteiger partial charge on any atom is -0.465 e. The van der Waals surface area contributed by atoms with E-state index >= 15 is 0 Å². The summed E-state index contributed by atoms with van der Waals surface area (Å²) in [5, 5.41) is 6.14. The van der Waals surface area contributed by atoms with Gasteiger partial charge in [0.25, 0.3) is 5.91 Å². The summed E-state index contributed by atoms with van der Waals surface area (Å²) in [6.07, 6.45) is 2.06. The number of nitrogens with one attached hydrogen (secondary N) is 2. The lowest BCUT2D eigenvalue weighted by Crippen LogP contribution is -2.16. The van der Waals surface area contributed by atoms with Gasteiger partial charge in [-0.05, 0) is 31.5 Å². The van der Waals surface area contributed by atoms with Gasteiger partial charge in [0.1, 0.15) is 17.3 Å². The van der Waals surface area contributed by atoms with Gasteiger partial charge in [-0.1, -0.05) is 24.9 Å². The van der Waals surface area contributed by atoms with Gasteiger partial charge in [-0.3, -0.25) is 4.79 Å². The first-order valence-electron chi connectivity index (χ1n) is 8.23. The Morgan fingerprint density at radius 1 is 1.23 bits per heavy atom. The molecule has 0 atom stereocenters. The fourth-order valence-electron chi connectivity index (χ4n) is 2.22. The fraction of sp³-hybridized carbons (Fsp3) is 0.333. The third-order valence-electron chi connectivity index (χ3n) is 3.54. The van der Waals surface area contributed by atoms with Crippen LogP contribution in [0.25, 0.3) is 0 Å². The van der Waals surface area contributed by atoms with Crippen LogP contribution < -0.4 is 10.6 Å². The zero-order valence-corrected chi connectivity index (χ0v) is 15.7. The molecule has 0 unspecified atom stereocenters. The molecule has 0 aliphatic rings. The van der Waals surface area contributed by atoms with Crippen molar-refractivity contribution in [2.75, 3.05) is 24.3 Å². The second kappa shape index (κ2) is 9.15. The van der Waals surface area contributed by atoms with E-state index in [2.05, 4.69) is 32.3 Å². The van der Waals surface area contributed by atoms with E-state index in [4.69, 9.17) is 11.6 Å². The monoisotopic (exact) mass is 376 g/mol. The molecule has 2 aromatic rings. The quantitative estimate of drug-likeness (QED) is 0.565. The largest absolute Gasteiger partial charge is 0.465 e. The molecule has 1 amide bonds. The van der Waals surface area contributed by atoms with Crippen molar-refractivity contribution in [3.05, 3.63) is 46.4 Å². The van der Waals surface area contributed by atoms with E-state index in [1.165, 1.54) is 25.3 Å². The van der Waals surface area contributed by atoms with Crippen molar-refractivity contribution in [1.82, 2.24) is 9.97 Å². The van der Waals surface area contributed by atoms with Crippen molar-refractivity contribution in [2.45, 2.75) is 26.7 Å². The van der Waals surface area contributed by atoms with Crippen molar-refractivity contribution >= 4 is 35.0 Å². The lowest BCUT2D eigenvalue weighted by Gasteiger charge is -2.10. The van der Waals surface area contributed by atoms with Crippen molar-refractivity contribution in [1.29, 1.82) is 0 Å². The predicted molar refractivity (Wildman–Crippen MR) is 101 cm³/mol. The highest BCUT2D eigenvalue weighted by Crippen LogP contribution is 2.24. The molecular formula is C18H21ClN4O3. The number of amides is 1. The molecule has 0 radical (unpaired) electrons. The molecule has 0 saturated carbocycles. The normalized spacial score (nSPS) is 10.3. The van der Waals surface area contributed by atoms with Crippen LogP contribution >= 0.6 is 11.6 Å². The van der Waals surface area contributed by atoms with Gasteiger partial charge >= 0.3 is 5.97 Å². The Bertz CT molecular complexity index is 811. The number of methoxy groups -OCH3 is 1. The molecule has 0 aliphatic carbocycles. The standard InChI is InChI=1S/C18H21ClN4O3/c1-4-5-8-20-16-10-15(21-11(2)22-16)17(24)23-14-9-12(18(25)26-3)6-7-13(14)19/h6-7,9-10H,4-5,8H2,1-3H3,(H,23,24)(H,20,21,22). The van der Waals surface area contributed by atoms with Gasteiger partial charge in [0.15, 0.2) is 0 Å². The number of halogens is 1. The molecule has 8 heteroatoms. The lowest BCUT2D eigenvalue weighted by atomic mass is 10.2. The van der Waals surface area contributed by atoms with Gasteiger partial charge in [0.05, 0.1) is 23.4 Å². The summed E-state index contributed by atoms with van der Waals surface area (Å²) in [6.45, 7) is 4.58. The van der Waals surface area contributed by atoms with Gasteiger partial charge in [-0.2, -0.15) is 0 Å². The number of aryl methyl sites for hydroxylation is 1. The molecule has 0 fully saturated rings. The number of carbonyl (C=O) groups is 2. The van der Waals surface area contributed by atoms with E-state index in [-0.39, 0.29) is 11.3 Å². The maximum absolute atomic E-state index is 12.5. The number of benzene rings is 1. The smallest absolute Gasteiger partial charge is 0.337 e. The van der Waals surface area contributed by atoms with Crippen LogP contribution in [0.3, 0.4) is 0 Å². The number of hydrogen-bond donors (Lipinski definition) is 2. The first-order valence-corrected chi connectivity index (χ1v) is 8.61. The Kier molecular flexibility index (Phi) is 6.91. The number of unbranched alkanes of at least 4 members (excludes halogenated alkanes) is 1. The summed E-state index contributed by atoms with van der Waals surface area (Å²) in [7, 11) is 1.28. The number of anilines is 2. The third kappa shape index (κ3) is 5.16. The van der Waals surface area contributed by atoms with E-state index < -0.39 is 11.9 Å². The van der Waals surface area contributed by atoms with E-state index in [1.54, 1.807) is 13.0 Å². The maximum Gasteiger partial charge on any atom is 0.337 e. The minimum absolute atomic E-state index is 0.205. The van der Waals surface area contributed by atoms with E-state index in [0.29, 0.717) is 22.4 Å². The van der Waals surface area contributed by atoms with Crippen LogP contribution in [-0.2, 0) is 4.74 Å². The van der Waals surface area contributed by atoms with Crippen molar-refractivity contribution in [3.8, 4) is 0 Å². The Morgan fingerprint density at radius 2 is 2.00 bits per heavy atom. The number of aromatic nitrogens is 2. The Balaban J connectivity index is 2.20. The molecule has 1 aromatic heterocycles. The maximum atomic E-state index is 12.5. The number of nitrogens with zero attached hydrogens (tertiary/aromatic N) is 2. The van der Waals surface area contributed by atoms with Crippen LogP contribution in [0.2, 0.25) is 5.02 Å². The molecule has 26 heavy (non-hydrogen) atoms. The first kappa shape index (κ1) is 19.7. The Morgan fingerprint density at radius 3 is 2.69 bits per heavy atom. The number of esters is 1. The lowest BCUT2D eigenvalue weighted by molar-refractivity contribution is 0.0600. The van der Waals surface area contributed by atoms with Gasteiger partial charge in [-0.15, -0.1) is 0 Å². The van der Waals surface area contributed by atoms with Crippen molar-refractivity contribution < 1.29 is 14.3 Å². The molecule has 2 N–H and O–H groups in total. The molecule has 138 valence electrons. The molecule has 0 bridgehead atoms. The average Bonchev–Trinajstić information content (AvgIpc) is 2.62. The van der Waals surface area contributed by atoms with Gasteiger partial charge in [-0.25, -0.2) is 14.8 Å². The first-order chi connectivity index (χ1) is 12.4. The van der Waals surface area contributed by atoms with Crippen molar-refractivity contribution in [2.24, 2.45) is 0 Å². The third-order valence-corrected chi connectivity index (χ3v) is 3.87. The SMILES string of the molecule is CCCCNc1cc(C(=O)Nc2cc(C(=O)OC)ccc2Cl)nc(C)n1. The van der Waals surface area contributed by atoms with Crippen LogP contribution in [0.4, 0.5) is 11.5 Å². The van der Waals surface area contributed by atoms with Gasteiger partial charge in [0, 0.05) is 12.6 Å². The summed E-state index contributed by atoms with van der Waals surface area (Å²) < 4.78 is 4.68. The summed E-state index contributed by atoms with van der Waals surface area (Å²) >= 11 is 6.11. The van der Waals surface area contributed by atoms with E-state index in [0.717, 1.165) is 19.4 Å². The predicted octanol–water partition coefficient (Wildman–Crippen LogP) is 3.69. The molecule has 7 nitrogen and oxygen atoms in total. The summed E-state index contributed by atoms with van der Waals surface area (Å²) in [5.74, 6) is 0.104. The number of rotatable bonds is 7. The number of ether oxygens (including phenoxy) is 1. The molecular weight excluding hydrogens is 356 g/mol. The van der Waals surface area contributed by atoms with Crippen LogP contribution in [0.1, 0.15) is 46.4 Å². The van der Waals surface area contributed by atoms with E-state index in [1.807, 2.05) is 0 Å². The van der Waals surface area contributed by atoms with Gasteiger partial charge in [0.2, 0.25) is 0 Å². The molecule has 0 aliphatic heterocycles. The summed E-state index contributed by atoms with van der Waals surface area (Å²) in [5.41, 5.74) is 0.792. The Hall–Kier alpha value is -2.67. The van der Waals surface area contributed by atoms with Crippen LogP contribution in [0.5, 0.6) is 0 Å². The second-order valence-corrected chi connectivity index (χ2v) is 6.01. The summed E-state index contributed by atoms with van der Waals surface area (Å²) in [4.78, 5) is 32.6. The highest BCUT2D eigenvalue weighted by molar-refractivity contribution is 6.34. The van der Waals surface area contributed by atoms with E-state index in [9.17, 15) is 9.59 Å². The minimum atomic E-state index is -0.516. The van der Waals surface area contributed by atoms with Crippen LogP contribution in [0.15, 0.2) is 24.3 Å². The molecule has 2 rings (SSSR count). The highest BCUT2D eigenvalue weighted by Gasteiger charge is 2.15. The number of carbonyl (C=O) groups excluding carboxylic acids is 2. The Labute approximate surface area is 157 Å². The second-order valence-electron chi connectivity index (χ2n) is 5.61. The molecule has 0 spiro atoms. The molecule has 0 saturated heterocycles. The number of hydrogen-bond acceptors (Lipinski definition) is 6. The average molecular weight is 377 g/mol. The fourth-order valence-corrected chi connectivity index (χ4v) is 2.38. The zero-order chi connectivity index (χ0) is 19.1. The van der Waals surface area contributed by atoms with Crippen LogP contribution in [-0.4, -0.2) is 35.5 Å². The topological polar surface area (TPSA) is 93.2 Å². The molecule has 1 heterocycles. The zero-order valence-electron chi connectivity index (χ0n) is 14.9. The van der Waals surface area contributed by atoms with Crippen molar-refractivity contribution in [3.63, 3.8) is 0 Å². The van der Waals surface area contributed by atoms with Gasteiger partial charge < -0.3 is 15.4 Å².